The molecule has 0 spiro atoms. The molecule has 0 aliphatic carbocycles. The maximum Gasteiger partial charge on any atom is 0.184 e. The molecule has 1 aromatic heterocycles. The normalized spacial score (nSPS) is 13.2. The lowest BCUT2D eigenvalue weighted by atomic mass is 10.2. The number of imidazole rings is 1. The van der Waals surface area contributed by atoms with Crippen LogP contribution >= 0.6 is 12.2 Å². The molecule has 2 rings (SSSR count). The molecule has 1 N–H and O–H groups in total. The number of halogens is 2. The van der Waals surface area contributed by atoms with Gasteiger partial charge < -0.3 is 9.55 Å². The van der Waals surface area contributed by atoms with E-state index >= 15 is 0 Å². The fourth-order valence-electron chi connectivity index (χ4n) is 2.12. The SMILES string of the molecule is CCCC(C)n1c(=S)[nH]c2ccc(F)c(F)c21. The summed E-state index contributed by atoms with van der Waals surface area (Å²) in [6, 6.07) is 2.67. The van der Waals surface area contributed by atoms with Crippen molar-refractivity contribution in [1.29, 1.82) is 0 Å². The molecule has 0 amide bonds. The van der Waals surface area contributed by atoms with Crippen molar-refractivity contribution in [2.24, 2.45) is 0 Å². The second-order valence-electron chi connectivity index (χ2n) is 4.20. The van der Waals surface area contributed by atoms with Crippen LogP contribution in [0.1, 0.15) is 32.7 Å². The predicted octanol–water partition coefficient (Wildman–Crippen LogP) is 4.34. The lowest BCUT2D eigenvalue weighted by molar-refractivity contribution is 0.482. The molecule has 1 heterocycles. The lowest BCUT2D eigenvalue weighted by Crippen LogP contribution is -2.06. The molecule has 92 valence electrons. The third-order valence-electron chi connectivity index (χ3n) is 2.92. The summed E-state index contributed by atoms with van der Waals surface area (Å²) in [4.78, 5) is 2.91. The van der Waals surface area contributed by atoms with E-state index in [0.717, 1.165) is 18.9 Å². The Morgan fingerprint density at radius 2 is 2.12 bits per heavy atom. The van der Waals surface area contributed by atoms with Crippen LogP contribution in [0.25, 0.3) is 11.0 Å². The van der Waals surface area contributed by atoms with E-state index in [-0.39, 0.29) is 11.6 Å². The molecule has 0 aliphatic rings. The highest BCUT2D eigenvalue weighted by Gasteiger charge is 2.16. The summed E-state index contributed by atoms with van der Waals surface area (Å²) in [7, 11) is 0. The van der Waals surface area contributed by atoms with E-state index in [9.17, 15) is 8.78 Å². The molecule has 1 aromatic carbocycles. The number of rotatable bonds is 3. The molecule has 0 saturated heterocycles. The van der Waals surface area contributed by atoms with E-state index in [2.05, 4.69) is 4.98 Å². The number of nitrogens with one attached hydrogen (secondary N) is 1. The van der Waals surface area contributed by atoms with Gasteiger partial charge in [0.2, 0.25) is 0 Å². The number of aromatic nitrogens is 2. The van der Waals surface area contributed by atoms with Gasteiger partial charge in [0, 0.05) is 6.04 Å². The van der Waals surface area contributed by atoms with E-state index in [1.165, 1.54) is 6.07 Å². The Kier molecular flexibility index (Phi) is 3.28. The van der Waals surface area contributed by atoms with Crippen LogP contribution in [0.4, 0.5) is 8.78 Å². The van der Waals surface area contributed by atoms with Gasteiger partial charge in [-0.2, -0.15) is 0 Å². The molecule has 0 saturated carbocycles. The Morgan fingerprint density at radius 3 is 2.76 bits per heavy atom. The Hall–Kier alpha value is -1.23. The standard InChI is InChI=1S/C12H14F2N2S/c1-3-4-7(2)16-11-9(15-12(16)17)6-5-8(13)10(11)14/h5-7H,3-4H2,1-2H3,(H,15,17). The van der Waals surface area contributed by atoms with Gasteiger partial charge >= 0.3 is 0 Å². The Labute approximate surface area is 103 Å². The fraction of sp³-hybridized carbons (Fsp3) is 0.417. The van der Waals surface area contributed by atoms with Gasteiger partial charge in [-0.05, 0) is 37.7 Å². The van der Waals surface area contributed by atoms with Crippen LogP contribution in [-0.4, -0.2) is 9.55 Å². The van der Waals surface area contributed by atoms with Crippen LogP contribution in [0.15, 0.2) is 12.1 Å². The van der Waals surface area contributed by atoms with Gasteiger partial charge in [0.1, 0.15) is 5.52 Å². The van der Waals surface area contributed by atoms with Crippen molar-refractivity contribution in [3.63, 3.8) is 0 Å². The second kappa shape index (κ2) is 4.56. The molecule has 1 unspecified atom stereocenters. The number of aromatic amines is 1. The number of fused-ring (bicyclic) bond motifs is 1. The van der Waals surface area contributed by atoms with E-state index in [4.69, 9.17) is 12.2 Å². The van der Waals surface area contributed by atoms with Gasteiger partial charge in [0.05, 0.1) is 5.52 Å². The quantitative estimate of drug-likeness (QED) is 0.810. The number of hydrogen-bond donors (Lipinski definition) is 1. The Bertz CT molecular complexity index is 600. The zero-order chi connectivity index (χ0) is 12.6. The van der Waals surface area contributed by atoms with Crippen LogP contribution in [0.2, 0.25) is 0 Å². The third-order valence-corrected chi connectivity index (χ3v) is 3.22. The summed E-state index contributed by atoms with van der Waals surface area (Å²) in [5.74, 6) is -1.68. The monoisotopic (exact) mass is 256 g/mol. The average Bonchev–Trinajstić information content (AvgIpc) is 2.61. The topological polar surface area (TPSA) is 20.7 Å². The molecule has 5 heteroatoms. The maximum atomic E-state index is 13.8. The number of H-pyrrole nitrogens is 1. The van der Waals surface area contributed by atoms with Gasteiger partial charge in [0.25, 0.3) is 0 Å². The minimum atomic E-state index is -0.844. The number of hydrogen-bond acceptors (Lipinski definition) is 1. The number of nitrogens with zero attached hydrogens (tertiary/aromatic N) is 1. The van der Waals surface area contributed by atoms with E-state index in [0.29, 0.717) is 10.3 Å². The summed E-state index contributed by atoms with van der Waals surface area (Å²) < 4.78 is 29.2. The summed E-state index contributed by atoms with van der Waals surface area (Å²) in [5, 5.41) is 0. The largest absolute Gasteiger partial charge is 0.330 e. The Morgan fingerprint density at radius 1 is 1.41 bits per heavy atom. The van der Waals surface area contributed by atoms with Gasteiger partial charge in [0.15, 0.2) is 16.4 Å². The molecule has 2 nitrogen and oxygen atoms in total. The molecule has 0 bridgehead atoms. The average molecular weight is 256 g/mol. The van der Waals surface area contributed by atoms with Gasteiger partial charge in [-0.1, -0.05) is 13.3 Å². The zero-order valence-corrected chi connectivity index (χ0v) is 10.6. The first-order chi connectivity index (χ1) is 8.06. The van der Waals surface area contributed by atoms with Crippen molar-refractivity contribution in [2.45, 2.75) is 32.7 Å². The molecule has 1 atom stereocenters. The second-order valence-corrected chi connectivity index (χ2v) is 4.58. The lowest BCUT2D eigenvalue weighted by Gasteiger charge is -2.13. The maximum absolute atomic E-state index is 13.8. The summed E-state index contributed by atoms with van der Waals surface area (Å²) in [6.07, 6.45) is 1.84. The van der Waals surface area contributed by atoms with Crippen molar-refractivity contribution in [3.05, 3.63) is 28.5 Å². The van der Waals surface area contributed by atoms with Gasteiger partial charge in [-0.3, -0.25) is 0 Å². The minimum Gasteiger partial charge on any atom is -0.330 e. The smallest absolute Gasteiger partial charge is 0.184 e. The van der Waals surface area contributed by atoms with Crippen LogP contribution < -0.4 is 0 Å². The minimum absolute atomic E-state index is 0.0533. The first-order valence-corrected chi connectivity index (χ1v) is 6.05. The first-order valence-electron chi connectivity index (χ1n) is 5.64. The molecule has 17 heavy (non-hydrogen) atoms. The summed E-state index contributed by atoms with van der Waals surface area (Å²) in [5.41, 5.74) is 0.771. The van der Waals surface area contributed by atoms with Crippen LogP contribution in [-0.2, 0) is 0 Å². The van der Waals surface area contributed by atoms with Crippen molar-refractivity contribution >= 4 is 23.3 Å². The molecular weight excluding hydrogens is 242 g/mol. The molecule has 0 aliphatic heterocycles. The highest BCUT2D eigenvalue weighted by atomic mass is 32.1. The van der Waals surface area contributed by atoms with E-state index in [1.54, 1.807) is 4.57 Å². The van der Waals surface area contributed by atoms with Crippen molar-refractivity contribution in [2.75, 3.05) is 0 Å². The van der Waals surface area contributed by atoms with Crippen LogP contribution in [0.5, 0.6) is 0 Å². The molecule has 0 radical (unpaired) electrons. The first kappa shape index (κ1) is 12.2. The fourth-order valence-corrected chi connectivity index (χ4v) is 2.50. The predicted molar refractivity (Wildman–Crippen MR) is 66.7 cm³/mol. The zero-order valence-electron chi connectivity index (χ0n) is 9.76. The Balaban J connectivity index is 2.73. The van der Waals surface area contributed by atoms with Gasteiger partial charge in [-0.15, -0.1) is 0 Å². The highest BCUT2D eigenvalue weighted by Crippen LogP contribution is 2.25. The third kappa shape index (κ3) is 1.99. The molecule has 0 fully saturated rings. The van der Waals surface area contributed by atoms with Crippen molar-refractivity contribution in [3.8, 4) is 0 Å². The van der Waals surface area contributed by atoms with Crippen LogP contribution in [0.3, 0.4) is 0 Å². The van der Waals surface area contributed by atoms with E-state index in [1.807, 2.05) is 13.8 Å². The highest BCUT2D eigenvalue weighted by molar-refractivity contribution is 7.71. The summed E-state index contributed by atoms with van der Waals surface area (Å²) in [6.45, 7) is 4.00. The van der Waals surface area contributed by atoms with Crippen molar-refractivity contribution < 1.29 is 8.78 Å². The van der Waals surface area contributed by atoms with Gasteiger partial charge in [-0.25, -0.2) is 8.78 Å². The summed E-state index contributed by atoms with van der Waals surface area (Å²) >= 11 is 5.16. The van der Waals surface area contributed by atoms with Crippen molar-refractivity contribution in [1.82, 2.24) is 9.55 Å². The van der Waals surface area contributed by atoms with Crippen LogP contribution in [0, 0.1) is 16.4 Å². The molecule has 2 aromatic rings. The number of benzene rings is 1. The van der Waals surface area contributed by atoms with E-state index < -0.39 is 11.6 Å². The molecular formula is C12H14F2N2S.